The summed E-state index contributed by atoms with van der Waals surface area (Å²) in [6, 6.07) is 5.40. The van der Waals surface area contributed by atoms with Crippen LogP contribution in [0.5, 0.6) is 5.75 Å². The highest BCUT2D eigenvalue weighted by Crippen LogP contribution is 2.58. The van der Waals surface area contributed by atoms with Crippen molar-refractivity contribution in [2.24, 2.45) is 0 Å². The van der Waals surface area contributed by atoms with Crippen LogP contribution in [0, 0.1) is 0 Å². The first kappa shape index (κ1) is 9.66. The smallest absolute Gasteiger partial charge is 0.340 e. The molecule has 1 aromatic carbocycles. The fourth-order valence-electron chi connectivity index (χ4n) is 2.31. The minimum atomic E-state index is -0.712. The molecule has 0 saturated heterocycles. The van der Waals surface area contributed by atoms with E-state index >= 15 is 0 Å². The molecule has 1 heterocycles. The molecule has 0 aromatic heterocycles. The molecule has 16 heavy (non-hydrogen) atoms. The van der Waals surface area contributed by atoms with Crippen molar-refractivity contribution in [2.45, 2.75) is 18.1 Å². The van der Waals surface area contributed by atoms with Gasteiger partial charge in [-0.25, -0.2) is 4.79 Å². The highest BCUT2D eigenvalue weighted by Gasteiger charge is 2.63. The van der Waals surface area contributed by atoms with Gasteiger partial charge in [0.2, 0.25) is 5.79 Å². The van der Waals surface area contributed by atoms with Crippen LogP contribution in [-0.4, -0.2) is 26.0 Å². The Morgan fingerprint density at radius 2 is 2.25 bits per heavy atom. The van der Waals surface area contributed by atoms with E-state index in [1.165, 1.54) is 0 Å². The standard InChI is InChI=1S/C12H12O4/c1-14-7-3-4-8-9(5-7)10-6-12(10,15-2)16-11(8)13/h3-5,10H,6H2,1-2H3/t10-,12-/m0/s1. The number of methoxy groups -OCH3 is 2. The van der Waals surface area contributed by atoms with Crippen LogP contribution >= 0.6 is 0 Å². The average molecular weight is 220 g/mol. The molecule has 1 aliphatic heterocycles. The quantitative estimate of drug-likeness (QED) is 0.711. The van der Waals surface area contributed by atoms with Crippen LogP contribution in [0.1, 0.15) is 28.3 Å². The number of carbonyl (C=O) groups is 1. The van der Waals surface area contributed by atoms with E-state index in [4.69, 9.17) is 14.2 Å². The third kappa shape index (κ3) is 1.10. The third-order valence-corrected chi connectivity index (χ3v) is 3.32. The molecule has 1 aromatic rings. The number of esters is 1. The van der Waals surface area contributed by atoms with Crippen molar-refractivity contribution < 1.29 is 19.0 Å². The predicted molar refractivity (Wildman–Crippen MR) is 55.5 cm³/mol. The van der Waals surface area contributed by atoms with Gasteiger partial charge in [0, 0.05) is 13.5 Å². The van der Waals surface area contributed by atoms with Gasteiger partial charge in [0.1, 0.15) is 5.75 Å². The molecule has 1 saturated carbocycles. The van der Waals surface area contributed by atoms with Crippen LogP contribution in [0.15, 0.2) is 18.2 Å². The van der Waals surface area contributed by atoms with E-state index in [1.54, 1.807) is 26.4 Å². The number of benzene rings is 1. The lowest BCUT2D eigenvalue weighted by atomic mass is 10.0. The number of hydrogen-bond donors (Lipinski definition) is 0. The molecule has 2 aliphatic rings. The number of ether oxygens (including phenoxy) is 3. The second-order valence-electron chi connectivity index (χ2n) is 4.12. The van der Waals surface area contributed by atoms with E-state index in [0.717, 1.165) is 17.7 Å². The Bertz CT molecular complexity index is 468. The minimum absolute atomic E-state index is 0.153. The topological polar surface area (TPSA) is 44.8 Å². The summed E-state index contributed by atoms with van der Waals surface area (Å²) in [4.78, 5) is 11.7. The van der Waals surface area contributed by atoms with Gasteiger partial charge in [0.25, 0.3) is 0 Å². The van der Waals surface area contributed by atoms with Crippen molar-refractivity contribution in [3.8, 4) is 5.75 Å². The van der Waals surface area contributed by atoms with Gasteiger partial charge in [-0.2, -0.15) is 0 Å². The first-order valence-electron chi connectivity index (χ1n) is 5.16. The second kappa shape index (κ2) is 2.98. The molecule has 0 unspecified atom stereocenters. The van der Waals surface area contributed by atoms with Gasteiger partial charge in [-0.15, -0.1) is 0 Å². The third-order valence-electron chi connectivity index (χ3n) is 3.32. The van der Waals surface area contributed by atoms with E-state index in [0.29, 0.717) is 5.56 Å². The highest BCUT2D eigenvalue weighted by molar-refractivity contribution is 5.94. The molecular formula is C12H12O4. The zero-order valence-electron chi connectivity index (χ0n) is 9.15. The Kier molecular flexibility index (Phi) is 1.80. The molecule has 0 amide bonds. The molecule has 2 atom stereocenters. The summed E-state index contributed by atoms with van der Waals surface area (Å²) in [5, 5.41) is 0. The fourth-order valence-corrected chi connectivity index (χ4v) is 2.31. The Morgan fingerprint density at radius 3 is 2.94 bits per heavy atom. The van der Waals surface area contributed by atoms with E-state index in [9.17, 15) is 4.79 Å². The summed E-state index contributed by atoms with van der Waals surface area (Å²) < 4.78 is 15.7. The molecule has 1 aliphatic carbocycles. The van der Waals surface area contributed by atoms with Gasteiger partial charge < -0.3 is 14.2 Å². The van der Waals surface area contributed by atoms with Crippen molar-refractivity contribution in [1.82, 2.24) is 0 Å². The van der Waals surface area contributed by atoms with Crippen LogP contribution < -0.4 is 4.74 Å². The summed E-state index contributed by atoms with van der Waals surface area (Å²) >= 11 is 0. The number of carbonyl (C=O) groups excluding carboxylic acids is 1. The summed E-state index contributed by atoms with van der Waals surface area (Å²) in [5.41, 5.74) is 1.59. The van der Waals surface area contributed by atoms with Gasteiger partial charge >= 0.3 is 5.97 Å². The summed E-state index contributed by atoms with van der Waals surface area (Å²) in [6.45, 7) is 0. The van der Waals surface area contributed by atoms with E-state index in [2.05, 4.69) is 0 Å². The molecule has 0 spiro atoms. The normalized spacial score (nSPS) is 30.1. The Balaban J connectivity index is 2.09. The first-order chi connectivity index (χ1) is 7.70. The number of hydrogen-bond acceptors (Lipinski definition) is 4. The van der Waals surface area contributed by atoms with Crippen LogP contribution in [0.2, 0.25) is 0 Å². The zero-order valence-corrected chi connectivity index (χ0v) is 9.15. The molecule has 4 nitrogen and oxygen atoms in total. The van der Waals surface area contributed by atoms with Gasteiger partial charge in [0.05, 0.1) is 18.6 Å². The molecule has 84 valence electrons. The molecule has 4 heteroatoms. The van der Waals surface area contributed by atoms with Gasteiger partial charge in [-0.1, -0.05) is 0 Å². The van der Waals surface area contributed by atoms with Crippen LogP contribution in [0.3, 0.4) is 0 Å². The maximum absolute atomic E-state index is 11.7. The van der Waals surface area contributed by atoms with Gasteiger partial charge in [0.15, 0.2) is 0 Å². The first-order valence-corrected chi connectivity index (χ1v) is 5.16. The van der Waals surface area contributed by atoms with Crippen molar-refractivity contribution >= 4 is 5.97 Å². The van der Waals surface area contributed by atoms with Gasteiger partial charge in [-0.3, -0.25) is 0 Å². The molecule has 0 N–H and O–H groups in total. The SMILES string of the molecule is COc1ccc2c(c1)[C@@H]1C[C@]1(OC)OC2=O. The maximum atomic E-state index is 11.7. The maximum Gasteiger partial charge on any atom is 0.340 e. The van der Waals surface area contributed by atoms with E-state index < -0.39 is 5.79 Å². The minimum Gasteiger partial charge on any atom is -0.497 e. The largest absolute Gasteiger partial charge is 0.497 e. The lowest BCUT2D eigenvalue weighted by Gasteiger charge is -2.23. The fraction of sp³-hybridized carbons (Fsp3) is 0.417. The van der Waals surface area contributed by atoms with Crippen molar-refractivity contribution in [2.75, 3.05) is 14.2 Å². The van der Waals surface area contributed by atoms with E-state index in [1.807, 2.05) is 6.07 Å². The molecule has 0 radical (unpaired) electrons. The second-order valence-corrected chi connectivity index (χ2v) is 4.12. The lowest BCUT2D eigenvalue weighted by molar-refractivity contribution is -0.120. The summed E-state index contributed by atoms with van der Waals surface area (Å²) in [7, 11) is 3.18. The molecular weight excluding hydrogens is 208 g/mol. The number of rotatable bonds is 2. The summed E-state index contributed by atoms with van der Waals surface area (Å²) in [6.07, 6.45) is 0.732. The van der Waals surface area contributed by atoms with Crippen LogP contribution in [0.4, 0.5) is 0 Å². The predicted octanol–water partition coefficient (Wildman–Crippen LogP) is 1.70. The van der Waals surface area contributed by atoms with Crippen LogP contribution in [-0.2, 0) is 9.47 Å². The highest BCUT2D eigenvalue weighted by atomic mass is 16.7. The monoisotopic (exact) mass is 220 g/mol. The summed E-state index contributed by atoms with van der Waals surface area (Å²) in [5.74, 6) is -0.116. The Morgan fingerprint density at radius 1 is 1.44 bits per heavy atom. The lowest BCUT2D eigenvalue weighted by Crippen LogP contribution is -2.28. The molecule has 3 rings (SSSR count). The Hall–Kier alpha value is -1.55. The average Bonchev–Trinajstić information content (AvgIpc) is 3.04. The molecule has 1 fully saturated rings. The van der Waals surface area contributed by atoms with Crippen molar-refractivity contribution in [3.05, 3.63) is 29.3 Å². The number of fused-ring (bicyclic) bond motifs is 3. The van der Waals surface area contributed by atoms with Crippen molar-refractivity contribution in [3.63, 3.8) is 0 Å². The Labute approximate surface area is 93.1 Å². The van der Waals surface area contributed by atoms with E-state index in [-0.39, 0.29) is 11.9 Å². The molecule has 0 bridgehead atoms. The van der Waals surface area contributed by atoms with Crippen LogP contribution in [0.25, 0.3) is 0 Å². The van der Waals surface area contributed by atoms with Crippen molar-refractivity contribution in [1.29, 1.82) is 0 Å². The van der Waals surface area contributed by atoms with Gasteiger partial charge in [-0.05, 0) is 23.8 Å². The zero-order chi connectivity index (χ0) is 11.3.